The summed E-state index contributed by atoms with van der Waals surface area (Å²) in [4.78, 5) is 16.0. The van der Waals surface area contributed by atoms with Crippen LogP contribution in [0, 0.1) is 19.7 Å². The molecule has 5 heteroatoms. The van der Waals surface area contributed by atoms with Gasteiger partial charge in [-0.05, 0) is 37.6 Å². The molecule has 0 atom stereocenters. The number of anilines is 2. The van der Waals surface area contributed by atoms with E-state index in [-0.39, 0.29) is 5.69 Å². The molecule has 3 N–H and O–H groups in total. The lowest BCUT2D eigenvalue weighted by Crippen LogP contribution is -2.15. The topological polar surface area (TPSA) is 68.0 Å². The van der Waals surface area contributed by atoms with Crippen LogP contribution >= 0.6 is 0 Å². The zero-order valence-electron chi connectivity index (χ0n) is 10.7. The second-order valence-electron chi connectivity index (χ2n) is 4.34. The summed E-state index contributed by atoms with van der Waals surface area (Å²) in [6.07, 6.45) is 1.47. The molecule has 98 valence electrons. The van der Waals surface area contributed by atoms with Crippen molar-refractivity contribution in [3.63, 3.8) is 0 Å². The maximum absolute atomic E-state index is 13.7. The average molecular weight is 259 g/mol. The van der Waals surface area contributed by atoms with Gasteiger partial charge in [-0.2, -0.15) is 0 Å². The number of carbonyl (C=O) groups excluding carboxylic acids is 1. The normalized spacial score (nSPS) is 10.3. The second-order valence-corrected chi connectivity index (χ2v) is 4.34. The molecular weight excluding hydrogens is 245 g/mol. The Balaban J connectivity index is 2.28. The van der Waals surface area contributed by atoms with Crippen molar-refractivity contribution in [2.24, 2.45) is 0 Å². The van der Waals surface area contributed by atoms with E-state index in [9.17, 15) is 9.18 Å². The third kappa shape index (κ3) is 2.88. The molecule has 4 nitrogen and oxygen atoms in total. The van der Waals surface area contributed by atoms with Crippen LogP contribution in [0.2, 0.25) is 0 Å². The van der Waals surface area contributed by atoms with Crippen molar-refractivity contribution < 1.29 is 9.18 Å². The van der Waals surface area contributed by atoms with Crippen LogP contribution < -0.4 is 11.1 Å². The first-order valence-corrected chi connectivity index (χ1v) is 5.77. The molecule has 1 aromatic heterocycles. The number of aromatic nitrogens is 1. The van der Waals surface area contributed by atoms with E-state index >= 15 is 0 Å². The molecule has 0 radical (unpaired) electrons. The molecule has 2 rings (SSSR count). The van der Waals surface area contributed by atoms with Crippen LogP contribution in [0.1, 0.15) is 21.6 Å². The third-order valence-corrected chi connectivity index (χ3v) is 2.73. The number of rotatable bonds is 2. The number of nitrogens with two attached hydrogens (primary N) is 1. The molecule has 0 aliphatic rings. The molecule has 0 unspecified atom stereocenters. The minimum atomic E-state index is -0.470. The summed E-state index contributed by atoms with van der Waals surface area (Å²) in [7, 11) is 0. The smallest absolute Gasteiger partial charge is 0.257 e. The van der Waals surface area contributed by atoms with Crippen molar-refractivity contribution >= 4 is 17.3 Å². The molecule has 0 saturated heterocycles. The molecule has 19 heavy (non-hydrogen) atoms. The van der Waals surface area contributed by atoms with Gasteiger partial charge in [0.25, 0.3) is 5.91 Å². The van der Waals surface area contributed by atoms with E-state index in [1.165, 1.54) is 24.4 Å². The number of amides is 1. The van der Waals surface area contributed by atoms with E-state index in [1.54, 1.807) is 19.9 Å². The highest BCUT2D eigenvalue weighted by Crippen LogP contribution is 2.17. The summed E-state index contributed by atoms with van der Waals surface area (Å²) in [5.41, 5.74) is 7.78. The number of nitrogens with one attached hydrogen (secondary N) is 1. The third-order valence-electron chi connectivity index (χ3n) is 2.73. The number of hydrogen-bond donors (Lipinski definition) is 2. The number of aryl methyl sites for hydroxylation is 2. The van der Waals surface area contributed by atoms with Crippen LogP contribution in [0.15, 0.2) is 30.5 Å². The highest BCUT2D eigenvalue weighted by molar-refractivity contribution is 6.05. The fraction of sp³-hybridized carbons (Fsp3) is 0.143. The molecule has 0 bridgehead atoms. The van der Waals surface area contributed by atoms with Gasteiger partial charge in [0.1, 0.15) is 5.82 Å². The summed E-state index contributed by atoms with van der Waals surface area (Å²) >= 11 is 0. The van der Waals surface area contributed by atoms with Gasteiger partial charge in [-0.15, -0.1) is 0 Å². The zero-order chi connectivity index (χ0) is 14.0. The molecule has 2 aromatic rings. The Labute approximate surface area is 110 Å². The zero-order valence-corrected chi connectivity index (χ0v) is 10.7. The summed E-state index contributed by atoms with van der Waals surface area (Å²) in [5, 5.41) is 2.51. The fourth-order valence-electron chi connectivity index (χ4n) is 1.69. The van der Waals surface area contributed by atoms with E-state index in [0.717, 1.165) is 5.56 Å². The fourth-order valence-corrected chi connectivity index (χ4v) is 1.69. The van der Waals surface area contributed by atoms with E-state index in [4.69, 9.17) is 5.73 Å². The minimum absolute atomic E-state index is 0.137. The summed E-state index contributed by atoms with van der Waals surface area (Å²) in [5.74, 6) is -0.900. The molecule has 1 amide bonds. The Morgan fingerprint density at radius 3 is 2.74 bits per heavy atom. The van der Waals surface area contributed by atoms with Crippen LogP contribution in [0.4, 0.5) is 15.8 Å². The predicted molar refractivity (Wildman–Crippen MR) is 72.5 cm³/mol. The highest BCUT2D eigenvalue weighted by Gasteiger charge is 2.12. The Hall–Kier alpha value is -2.43. The monoisotopic (exact) mass is 259 g/mol. The SMILES string of the molecule is Cc1ccc(NC(=O)c2cc(N)cnc2C)c(F)c1. The van der Waals surface area contributed by atoms with Gasteiger partial charge in [-0.25, -0.2) is 4.39 Å². The lowest BCUT2D eigenvalue weighted by atomic mass is 10.1. The van der Waals surface area contributed by atoms with Crippen LogP contribution in [0.5, 0.6) is 0 Å². The van der Waals surface area contributed by atoms with E-state index in [0.29, 0.717) is 16.9 Å². The molecule has 1 heterocycles. The highest BCUT2D eigenvalue weighted by atomic mass is 19.1. The Morgan fingerprint density at radius 1 is 1.32 bits per heavy atom. The van der Waals surface area contributed by atoms with Crippen molar-refractivity contribution in [2.45, 2.75) is 13.8 Å². The molecule has 0 aliphatic carbocycles. The summed E-state index contributed by atoms with van der Waals surface area (Å²) in [6.45, 7) is 3.47. The lowest BCUT2D eigenvalue weighted by molar-refractivity contribution is 0.102. The number of carbonyl (C=O) groups is 1. The van der Waals surface area contributed by atoms with E-state index in [1.807, 2.05) is 0 Å². The van der Waals surface area contributed by atoms with Crippen LogP contribution in [0.3, 0.4) is 0 Å². The van der Waals surface area contributed by atoms with E-state index in [2.05, 4.69) is 10.3 Å². The lowest BCUT2D eigenvalue weighted by Gasteiger charge is -2.09. The molecular formula is C14H14FN3O. The van der Waals surface area contributed by atoms with Gasteiger partial charge in [0.05, 0.1) is 28.8 Å². The quantitative estimate of drug-likeness (QED) is 0.871. The maximum atomic E-state index is 13.7. The van der Waals surface area contributed by atoms with Crippen LogP contribution in [-0.4, -0.2) is 10.9 Å². The number of benzene rings is 1. The van der Waals surface area contributed by atoms with Crippen molar-refractivity contribution in [3.05, 3.63) is 53.1 Å². The maximum Gasteiger partial charge on any atom is 0.257 e. The number of pyridine rings is 1. The molecule has 1 aromatic carbocycles. The number of nitrogens with zero attached hydrogens (tertiary/aromatic N) is 1. The molecule has 0 saturated carbocycles. The van der Waals surface area contributed by atoms with Crippen molar-refractivity contribution in [2.75, 3.05) is 11.1 Å². The summed E-state index contributed by atoms with van der Waals surface area (Å²) < 4.78 is 13.7. The predicted octanol–water partition coefficient (Wildman–Crippen LogP) is 2.67. The van der Waals surface area contributed by atoms with Gasteiger partial charge in [0.2, 0.25) is 0 Å². The molecule has 0 aliphatic heterocycles. The average Bonchev–Trinajstić information content (AvgIpc) is 2.35. The molecule has 0 spiro atoms. The first-order valence-electron chi connectivity index (χ1n) is 5.77. The van der Waals surface area contributed by atoms with Crippen molar-refractivity contribution in [1.82, 2.24) is 4.98 Å². The van der Waals surface area contributed by atoms with Gasteiger partial charge in [-0.3, -0.25) is 9.78 Å². The largest absolute Gasteiger partial charge is 0.397 e. The van der Waals surface area contributed by atoms with Gasteiger partial charge in [0.15, 0.2) is 0 Å². The number of hydrogen-bond acceptors (Lipinski definition) is 3. The van der Waals surface area contributed by atoms with Crippen molar-refractivity contribution in [3.8, 4) is 0 Å². The Bertz CT molecular complexity index is 641. The van der Waals surface area contributed by atoms with Gasteiger partial charge >= 0.3 is 0 Å². The number of halogens is 1. The van der Waals surface area contributed by atoms with Crippen molar-refractivity contribution in [1.29, 1.82) is 0 Å². The first kappa shape index (κ1) is 13.0. The van der Waals surface area contributed by atoms with Crippen LogP contribution in [0.25, 0.3) is 0 Å². The minimum Gasteiger partial charge on any atom is -0.397 e. The van der Waals surface area contributed by atoms with Gasteiger partial charge < -0.3 is 11.1 Å². The second kappa shape index (κ2) is 5.06. The van der Waals surface area contributed by atoms with Gasteiger partial charge in [0, 0.05) is 0 Å². The van der Waals surface area contributed by atoms with Crippen LogP contribution in [-0.2, 0) is 0 Å². The number of nitrogen functional groups attached to an aromatic ring is 1. The van der Waals surface area contributed by atoms with E-state index < -0.39 is 11.7 Å². The molecule has 0 fully saturated rings. The Morgan fingerprint density at radius 2 is 2.05 bits per heavy atom. The van der Waals surface area contributed by atoms with Gasteiger partial charge in [-0.1, -0.05) is 6.07 Å². The Kier molecular flexibility index (Phi) is 3.46. The standard InChI is InChI=1S/C14H14FN3O/c1-8-3-4-13(12(15)5-8)18-14(19)11-6-10(16)7-17-9(11)2/h3-7H,16H2,1-2H3,(H,18,19). The summed E-state index contributed by atoms with van der Waals surface area (Å²) in [6, 6.07) is 6.13. The first-order chi connectivity index (χ1) is 8.97.